The Morgan fingerprint density at radius 3 is 2.66 bits per heavy atom. The summed E-state index contributed by atoms with van der Waals surface area (Å²) in [7, 11) is -3.29. The number of anilines is 1. The van der Waals surface area contributed by atoms with Crippen LogP contribution in [-0.4, -0.2) is 48.9 Å². The number of carbonyl (C=O) groups excluding carboxylic acids is 1. The molecule has 1 amide bonds. The first-order valence-electron chi connectivity index (χ1n) is 8.73. The summed E-state index contributed by atoms with van der Waals surface area (Å²) >= 11 is 1.11. The first-order valence-corrected chi connectivity index (χ1v) is 11.4. The van der Waals surface area contributed by atoms with E-state index in [-0.39, 0.29) is 34.2 Å². The molecule has 0 saturated carbocycles. The highest BCUT2D eigenvalue weighted by atomic mass is 32.2. The van der Waals surface area contributed by atoms with Gasteiger partial charge in [0.25, 0.3) is 5.91 Å². The van der Waals surface area contributed by atoms with Gasteiger partial charge in [-0.3, -0.25) is 4.79 Å². The highest BCUT2D eigenvalue weighted by molar-refractivity contribution is 8.16. The van der Waals surface area contributed by atoms with Crippen LogP contribution in [0.15, 0.2) is 53.5 Å². The summed E-state index contributed by atoms with van der Waals surface area (Å²) in [5.74, 6) is -1.96. The molecule has 4 rings (SSSR count). The number of hydrogen-bond donors (Lipinski definition) is 0. The highest BCUT2D eigenvalue weighted by Crippen LogP contribution is 2.41. The van der Waals surface area contributed by atoms with Crippen molar-refractivity contribution in [2.45, 2.75) is 11.3 Å². The van der Waals surface area contributed by atoms with Gasteiger partial charge in [-0.05, 0) is 24.3 Å². The molecule has 0 radical (unpaired) electrons. The third-order valence-corrected chi connectivity index (χ3v) is 7.77. The topological polar surface area (TPSA) is 76.0 Å². The minimum atomic E-state index is -3.29. The molecule has 0 N–H and O–H groups in total. The smallest absolute Gasteiger partial charge is 0.285 e. The Hall–Kier alpha value is -2.46. The summed E-state index contributed by atoms with van der Waals surface area (Å²) in [5.41, 5.74) is -0.0148. The molecule has 29 heavy (non-hydrogen) atoms. The van der Waals surface area contributed by atoms with Gasteiger partial charge in [0.05, 0.1) is 23.2 Å². The minimum Gasteiger partial charge on any atom is -0.484 e. The van der Waals surface area contributed by atoms with Crippen LogP contribution in [0.3, 0.4) is 0 Å². The number of carbonyl (C=O) groups is 1. The molecule has 2 aromatic carbocycles. The molecule has 0 unspecified atom stereocenters. The lowest BCUT2D eigenvalue weighted by Crippen LogP contribution is -2.38. The number of para-hydroxylation sites is 1. The Kier molecular flexibility index (Phi) is 5.30. The molecular weight excluding hydrogens is 422 g/mol. The molecule has 0 bridgehead atoms. The Labute approximate surface area is 170 Å². The van der Waals surface area contributed by atoms with Crippen molar-refractivity contribution in [2.75, 3.05) is 23.0 Å². The predicted octanol–water partition coefficient (Wildman–Crippen LogP) is 2.65. The van der Waals surface area contributed by atoms with E-state index in [0.29, 0.717) is 11.8 Å². The van der Waals surface area contributed by atoms with E-state index in [1.807, 2.05) is 6.07 Å². The van der Waals surface area contributed by atoms with E-state index >= 15 is 0 Å². The second kappa shape index (κ2) is 7.75. The van der Waals surface area contributed by atoms with Crippen molar-refractivity contribution in [3.63, 3.8) is 0 Å². The maximum Gasteiger partial charge on any atom is 0.285 e. The molecule has 2 saturated heterocycles. The number of aliphatic imine (C=N–C) groups is 1. The van der Waals surface area contributed by atoms with Crippen LogP contribution in [0, 0.1) is 11.6 Å². The zero-order chi connectivity index (χ0) is 20.6. The lowest BCUT2D eigenvalue weighted by molar-refractivity contribution is -0.119. The van der Waals surface area contributed by atoms with Crippen molar-refractivity contribution < 1.29 is 26.7 Å². The van der Waals surface area contributed by atoms with Gasteiger partial charge in [-0.2, -0.15) is 4.99 Å². The van der Waals surface area contributed by atoms with Crippen molar-refractivity contribution in [3.8, 4) is 5.75 Å². The van der Waals surface area contributed by atoms with Gasteiger partial charge in [-0.25, -0.2) is 17.2 Å². The molecule has 2 aliphatic heterocycles. The molecule has 0 spiro atoms. The second-order valence-corrected chi connectivity index (χ2v) is 10.0. The summed E-state index contributed by atoms with van der Waals surface area (Å²) < 4.78 is 57.2. The second-order valence-electron chi connectivity index (χ2n) is 6.66. The van der Waals surface area contributed by atoms with Crippen LogP contribution >= 0.6 is 11.8 Å². The van der Waals surface area contributed by atoms with Gasteiger partial charge in [-0.1, -0.05) is 30.0 Å². The maximum atomic E-state index is 14.4. The number of sulfone groups is 1. The van der Waals surface area contributed by atoms with Gasteiger partial charge in [0.1, 0.15) is 17.4 Å². The van der Waals surface area contributed by atoms with Crippen molar-refractivity contribution in [1.29, 1.82) is 0 Å². The van der Waals surface area contributed by atoms with E-state index < -0.39 is 33.4 Å². The Bertz CT molecular complexity index is 1080. The number of fused-ring (bicyclic) bond motifs is 1. The number of halogens is 2. The minimum absolute atomic E-state index is 0.0148. The molecular formula is C19H16F2N2O4S2. The summed E-state index contributed by atoms with van der Waals surface area (Å²) in [5, 5.41) is -0.201. The molecule has 2 atom stereocenters. The van der Waals surface area contributed by atoms with Crippen LogP contribution < -0.4 is 9.64 Å². The van der Waals surface area contributed by atoms with Crippen LogP contribution in [0.2, 0.25) is 0 Å². The average molecular weight is 438 g/mol. The molecule has 2 aromatic rings. The number of rotatable bonds is 4. The number of hydrogen-bond acceptors (Lipinski definition) is 5. The average Bonchev–Trinajstić information content (AvgIpc) is 3.12. The highest BCUT2D eigenvalue weighted by Gasteiger charge is 2.50. The summed E-state index contributed by atoms with van der Waals surface area (Å²) in [6.45, 7) is -0.318. The van der Waals surface area contributed by atoms with E-state index in [1.54, 1.807) is 24.3 Å². The maximum absolute atomic E-state index is 14.4. The molecule has 152 valence electrons. The summed E-state index contributed by atoms with van der Waals surface area (Å²) in [6.07, 6.45) is 0. The largest absolute Gasteiger partial charge is 0.484 e. The standard InChI is InChI=1S/C19H16F2N2O4S2/c20-12-6-7-15(14(21)8-12)23-16-10-29(25,26)11-17(16)28-19(23)22-18(24)9-27-13-4-2-1-3-5-13/h1-8,16-17H,9-11H2/t16-,17+/m1/s1. The third-order valence-electron chi connectivity index (χ3n) is 4.56. The van der Waals surface area contributed by atoms with Gasteiger partial charge < -0.3 is 9.64 Å². The number of ether oxygens (including phenoxy) is 1. The Balaban J connectivity index is 1.60. The van der Waals surface area contributed by atoms with Crippen molar-refractivity contribution in [3.05, 3.63) is 60.2 Å². The van der Waals surface area contributed by atoms with Gasteiger partial charge in [0.2, 0.25) is 0 Å². The molecule has 10 heteroatoms. The quantitative estimate of drug-likeness (QED) is 0.731. The molecule has 2 fully saturated rings. The monoisotopic (exact) mass is 438 g/mol. The zero-order valence-corrected chi connectivity index (χ0v) is 16.6. The predicted molar refractivity (Wildman–Crippen MR) is 107 cm³/mol. The number of amidine groups is 1. The van der Waals surface area contributed by atoms with Crippen LogP contribution in [0.5, 0.6) is 5.75 Å². The normalized spacial score (nSPS) is 23.9. The van der Waals surface area contributed by atoms with E-state index in [4.69, 9.17) is 4.74 Å². The van der Waals surface area contributed by atoms with Gasteiger partial charge in [0, 0.05) is 11.3 Å². The van der Waals surface area contributed by atoms with Gasteiger partial charge >= 0.3 is 0 Å². The van der Waals surface area contributed by atoms with E-state index in [1.165, 1.54) is 11.0 Å². The number of nitrogens with zero attached hydrogens (tertiary/aromatic N) is 2. The number of thioether (sulfide) groups is 1. The molecule has 2 heterocycles. The van der Waals surface area contributed by atoms with Crippen molar-refractivity contribution in [2.24, 2.45) is 4.99 Å². The van der Waals surface area contributed by atoms with Gasteiger partial charge in [-0.15, -0.1) is 0 Å². The zero-order valence-electron chi connectivity index (χ0n) is 15.0. The fraction of sp³-hybridized carbons (Fsp3) is 0.263. The van der Waals surface area contributed by atoms with Crippen LogP contribution in [0.1, 0.15) is 0 Å². The third kappa shape index (κ3) is 4.27. The number of benzene rings is 2. The molecule has 0 aromatic heterocycles. The lowest BCUT2D eigenvalue weighted by Gasteiger charge is -2.24. The number of amides is 1. The summed E-state index contributed by atoms with van der Waals surface area (Å²) in [6, 6.07) is 11.2. The first kappa shape index (κ1) is 19.8. The molecule has 6 nitrogen and oxygen atoms in total. The fourth-order valence-corrected chi connectivity index (χ4v) is 7.25. The van der Waals surface area contributed by atoms with Crippen molar-refractivity contribution in [1.82, 2.24) is 0 Å². The van der Waals surface area contributed by atoms with E-state index in [9.17, 15) is 22.0 Å². The molecule has 2 aliphatic rings. The van der Waals surface area contributed by atoms with Crippen LogP contribution in [-0.2, 0) is 14.6 Å². The van der Waals surface area contributed by atoms with E-state index in [0.717, 1.165) is 17.8 Å². The summed E-state index contributed by atoms with van der Waals surface area (Å²) in [4.78, 5) is 17.7. The SMILES string of the molecule is O=C(COc1ccccc1)N=C1S[C@H]2CS(=O)(=O)C[C@H]2N1c1ccc(F)cc1F. The lowest BCUT2D eigenvalue weighted by atomic mass is 10.2. The fourth-order valence-electron chi connectivity index (χ4n) is 3.32. The Morgan fingerprint density at radius 1 is 1.17 bits per heavy atom. The van der Waals surface area contributed by atoms with Crippen LogP contribution in [0.4, 0.5) is 14.5 Å². The van der Waals surface area contributed by atoms with E-state index in [2.05, 4.69) is 4.99 Å². The molecule has 0 aliphatic carbocycles. The van der Waals surface area contributed by atoms with Gasteiger partial charge in [0.15, 0.2) is 21.6 Å². The first-order chi connectivity index (χ1) is 13.8. The van der Waals surface area contributed by atoms with Crippen LogP contribution in [0.25, 0.3) is 0 Å². The Morgan fingerprint density at radius 2 is 1.93 bits per heavy atom. The van der Waals surface area contributed by atoms with Crippen molar-refractivity contribution >= 4 is 38.4 Å².